The van der Waals surface area contributed by atoms with Crippen LogP contribution in [-0.2, 0) is 6.42 Å². The van der Waals surface area contributed by atoms with E-state index in [9.17, 15) is 4.79 Å². The number of H-pyrrole nitrogens is 1. The van der Waals surface area contributed by atoms with E-state index in [-0.39, 0.29) is 10.8 Å². The Morgan fingerprint density at radius 1 is 1.64 bits per heavy atom. The standard InChI is InChI=1S/C9H12ClN3O/c1-2-13-5-3-4-6-7(13)11-9(10)12-8(6)14/h2-5H2,1H3,(H,11,12,14). The van der Waals surface area contributed by atoms with Crippen LogP contribution < -0.4 is 10.5 Å². The molecule has 2 rings (SSSR count). The van der Waals surface area contributed by atoms with Gasteiger partial charge in [-0.25, -0.2) is 4.98 Å². The van der Waals surface area contributed by atoms with Gasteiger partial charge >= 0.3 is 0 Å². The van der Waals surface area contributed by atoms with Crippen molar-refractivity contribution < 1.29 is 0 Å². The Labute approximate surface area is 86.9 Å². The minimum atomic E-state index is -0.0989. The van der Waals surface area contributed by atoms with Crippen LogP contribution in [0, 0.1) is 0 Å². The maximum atomic E-state index is 11.5. The summed E-state index contributed by atoms with van der Waals surface area (Å²) in [5, 5.41) is 0.175. The molecule has 1 aliphatic heterocycles. The van der Waals surface area contributed by atoms with E-state index in [0.717, 1.165) is 37.3 Å². The number of aromatic nitrogens is 2. The normalized spacial score (nSPS) is 15.4. The van der Waals surface area contributed by atoms with Crippen molar-refractivity contribution in [3.8, 4) is 0 Å². The van der Waals surface area contributed by atoms with Gasteiger partial charge in [0.1, 0.15) is 5.82 Å². The third-order valence-corrected chi connectivity index (χ3v) is 2.68. The number of hydrogen-bond acceptors (Lipinski definition) is 3. The molecule has 0 bridgehead atoms. The van der Waals surface area contributed by atoms with Gasteiger partial charge in [-0.15, -0.1) is 0 Å². The molecule has 5 heteroatoms. The van der Waals surface area contributed by atoms with Gasteiger partial charge in [0.2, 0.25) is 5.28 Å². The lowest BCUT2D eigenvalue weighted by Gasteiger charge is -2.27. The zero-order valence-corrected chi connectivity index (χ0v) is 8.76. The van der Waals surface area contributed by atoms with E-state index in [2.05, 4.69) is 14.9 Å². The van der Waals surface area contributed by atoms with Gasteiger partial charge in [-0.05, 0) is 31.4 Å². The highest BCUT2D eigenvalue weighted by Crippen LogP contribution is 2.22. The van der Waals surface area contributed by atoms with Gasteiger partial charge in [-0.2, -0.15) is 0 Å². The molecule has 0 fully saturated rings. The SMILES string of the molecule is CCN1CCCc2c1nc(Cl)[nH]c2=O. The fourth-order valence-electron chi connectivity index (χ4n) is 1.81. The minimum absolute atomic E-state index is 0.0989. The van der Waals surface area contributed by atoms with Crippen molar-refractivity contribution in [3.63, 3.8) is 0 Å². The van der Waals surface area contributed by atoms with Gasteiger partial charge in [-0.3, -0.25) is 9.78 Å². The summed E-state index contributed by atoms with van der Waals surface area (Å²) in [5.74, 6) is 0.757. The first kappa shape index (κ1) is 9.52. The van der Waals surface area contributed by atoms with Gasteiger partial charge < -0.3 is 4.90 Å². The molecule has 0 aliphatic carbocycles. The van der Waals surface area contributed by atoms with Crippen LogP contribution in [0.3, 0.4) is 0 Å². The molecule has 1 N–H and O–H groups in total. The molecule has 1 aromatic heterocycles. The molecule has 0 spiro atoms. The number of nitrogens with one attached hydrogen (secondary N) is 1. The van der Waals surface area contributed by atoms with Crippen molar-refractivity contribution in [3.05, 3.63) is 21.2 Å². The summed E-state index contributed by atoms with van der Waals surface area (Å²) in [5.41, 5.74) is 0.667. The molecule has 0 radical (unpaired) electrons. The summed E-state index contributed by atoms with van der Waals surface area (Å²) in [6, 6.07) is 0. The fraction of sp³-hybridized carbons (Fsp3) is 0.556. The number of nitrogens with zero attached hydrogens (tertiary/aromatic N) is 2. The predicted octanol–water partition coefficient (Wildman–Crippen LogP) is 1.20. The summed E-state index contributed by atoms with van der Waals surface area (Å²) in [4.78, 5) is 20.3. The number of anilines is 1. The first-order valence-corrected chi connectivity index (χ1v) is 5.14. The number of fused-ring (bicyclic) bond motifs is 1. The second kappa shape index (κ2) is 3.61. The van der Waals surface area contributed by atoms with Crippen LogP contribution in [-0.4, -0.2) is 23.1 Å². The van der Waals surface area contributed by atoms with Crippen molar-refractivity contribution in [2.45, 2.75) is 19.8 Å². The molecular weight excluding hydrogens is 202 g/mol. The lowest BCUT2D eigenvalue weighted by molar-refractivity contribution is 0.684. The van der Waals surface area contributed by atoms with Crippen LogP contribution in [0.15, 0.2) is 4.79 Å². The van der Waals surface area contributed by atoms with Crippen LogP contribution in [0.25, 0.3) is 0 Å². The largest absolute Gasteiger partial charge is 0.356 e. The van der Waals surface area contributed by atoms with Crippen LogP contribution in [0.5, 0.6) is 0 Å². The second-order valence-corrected chi connectivity index (χ2v) is 3.70. The highest BCUT2D eigenvalue weighted by Gasteiger charge is 2.20. The molecule has 0 aromatic carbocycles. The highest BCUT2D eigenvalue weighted by atomic mass is 35.5. The quantitative estimate of drug-likeness (QED) is 0.714. The van der Waals surface area contributed by atoms with Crippen molar-refractivity contribution >= 4 is 17.4 Å². The Hall–Kier alpha value is -1.03. The summed E-state index contributed by atoms with van der Waals surface area (Å²) in [6.45, 7) is 3.86. The van der Waals surface area contributed by atoms with Gasteiger partial charge in [0.15, 0.2) is 0 Å². The van der Waals surface area contributed by atoms with Crippen LogP contribution in [0.4, 0.5) is 5.82 Å². The molecule has 1 aromatic rings. The maximum Gasteiger partial charge on any atom is 0.257 e. The lowest BCUT2D eigenvalue weighted by Crippen LogP contribution is -2.34. The first-order chi connectivity index (χ1) is 6.72. The Morgan fingerprint density at radius 2 is 2.43 bits per heavy atom. The molecule has 0 saturated heterocycles. The van der Waals surface area contributed by atoms with Crippen molar-refractivity contribution in [2.75, 3.05) is 18.0 Å². The summed E-state index contributed by atoms with van der Waals surface area (Å²) < 4.78 is 0. The van der Waals surface area contributed by atoms with E-state index in [0.29, 0.717) is 0 Å². The molecule has 76 valence electrons. The Morgan fingerprint density at radius 3 is 3.14 bits per heavy atom. The Bertz CT molecular complexity index is 402. The van der Waals surface area contributed by atoms with E-state index in [1.54, 1.807) is 0 Å². The average Bonchev–Trinajstić information content (AvgIpc) is 2.17. The zero-order valence-electron chi connectivity index (χ0n) is 8.01. The lowest BCUT2D eigenvalue weighted by atomic mass is 10.1. The van der Waals surface area contributed by atoms with Gasteiger partial charge in [0.25, 0.3) is 5.56 Å². The molecular formula is C9H12ClN3O. The Kier molecular flexibility index (Phi) is 2.46. The number of halogens is 1. The fourth-order valence-corrected chi connectivity index (χ4v) is 1.97. The van der Waals surface area contributed by atoms with E-state index < -0.39 is 0 Å². The second-order valence-electron chi connectivity index (χ2n) is 3.34. The maximum absolute atomic E-state index is 11.5. The minimum Gasteiger partial charge on any atom is -0.356 e. The Balaban J connectivity index is 2.56. The summed E-state index contributed by atoms with van der Waals surface area (Å²) >= 11 is 5.71. The molecule has 1 aliphatic rings. The first-order valence-electron chi connectivity index (χ1n) is 4.76. The predicted molar refractivity (Wildman–Crippen MR) is 56.1 cm³/mol. The van der Waals surface area contributed by atoms with E-state index in [1.807, 2.05) is 6.92 Å². The van der Waals surface area contributed by atoms with Crippen LogP contribution >= 0.6 is 11.6 Å². The monoisotopic (exact) mass is 213 g/mol. The molecule has 14 heavy (non-hydrogen) atoms. The van der Waals surface area contributed by atoms with E-state index in [4.69, 9.17) is 11.6 Å². The van der Waals surface area contributed by atoms with Crippen molar-refractivity contribution in [2.24, 2.45) is 0 Å². The average molecular weight is 214 g/mol. The summed E-state index contributed by atoms with van der Waals surface area (Å²) in [6.07, 6.45) is 1.80. The highest BCUT2D eigenvalue weighted by molar-refractivity contribution is 6.28. The molecule has 0 saturated carbocycles. The van der Waals surface area contributed by atoms with E-state index in [1.165, 1.54) is 0 Å². The van der Waals surface area contributed by atoms with Gasteiger partial charge in [-0.1, -0.05) is 0 Å². The summed E-state index contributed by atoms with van der Waals surface area (Å²) in [7, 11) is 0. The van der Waals surface area contributed by atoms with Gasteiger partial charge in [0, 0.05) is 13.1 Å². The van der Waals surface area contributed by atoms with Gasteiger partial charge in [0.05, 0.1) is 5.56 Å². The molecule has 0 amide bonds. The third kappa shape index (κ3) is 1.50. The number of aromatic amines is 1. The molecule has 4 nitrogen and oxygen atoms in total. The van der Waals surface area contributed by atoms with Crippen molar-refractivity contribution in [1.29, 1.82) is 0 Å². The third-order valence-electron chi connectivity index (χ3n) is 2.50. The molecule has 2 heterocycles. The van der Waals surface area contributed by atoms with Crippen LogP contribution in [0.2, 0.25) is 5.28 Å². The molecule has 0 unspecified atom stereocenters. The number of rotatable bonds is 1. The van der Waals surface area contributed by atoms with E-state index >= 15 is 0 Å². The topological polar surface area (TPSA) is 49.0 Å². The number of hydrogen-bond donors (Lipinski definition) is 1. The van der Waals surface area contributed by atoms with Crippen molar-refractivity contribution in [1.82, 2.24) is 9.97 Å². The van der Waals surface area contributed by atoms with Crippen LogP contribution in [0.1, 0.15) is 18.9 Å². The zero-order chi connectivity index (χ0) is 10.1. The molecule has 0 atom stereocenters. The smallest absolute Gasteiger partial charge is 0.257 e.